The maximum absolute atomic E-state index is 11.2. The van der Waals surface area contributed by atoms with Gasteiger partial charge in [-0.2, -0.15) is 0 Å². The fourth-order valence-electron chi connectivity index (χ4n) is 1.23. The highest BCUT2D eigenvalue weighted by molar-refractivity contribution is 6.32. The molecule has 0 bridgehead atoms. The molecule has 0 aliphatic heterocycles. The van der Waals surface area contributed by atoms with Gasteiger partial charge < -0.3 is 15.4 Å². The van der Waals surface area contributed by atoms with E-state index in [-0.39, 0.29) is 25.2 Å². The molecule has 102 valence electrons. The molecule has 0 aliphatic carbocycles. The Morgan fingerprint density at radius 2 is 2.11 bits per heavy atom. The van der Waals surface area contributed by atoms with Crippen molar-refractivity contribution in [2.75, 3.05) is 13.2 Å². The Labute approximate surface area is 118 Å². The van der Waals surface area contributed by atoms with Crippen LogP contribution >= 0.6 is 11.6 Å². The topological polar surface area (TPSA) is 50.4 Å². The lowest BCUT2D eigenvalue weighted by molar-refractivity contribution is 0.239. The largest absolute Gasteiger partial charge is 0.479 e. The van der Waals surface area contributed by atoms with Crippen molar-refractivity contribution >= 4 is 17.6 Å². The number of para-hydroxylation sites is 1. The molecule has 0 radical (unpaired) electrons. The predicted molar refractivity (Wildman–Crippen MR) is 76.4 cm³/mol. The Kier molecular flexibility index (Phi) is 6.62. The van der Waals surface area contributed by atoms with Crippen LogP contribution < -0.4 is 15.4 Å². The lowest BCUT2D eigenvalue weighted by atomic mass is 10.3. The summed E-state index contributed by atoms with van der Waals surface area (Å²) in [6.45, 7) is 4.30. The third-order valence-corrected chi connectivity index (χ3v) is 2.33. The molecule has 1 aromatic rings. The zero-order valence-corrected chi connectivity index (χ0v) is 11.8. The summed E-state index contributed by atoms with van der Waals surface area (Å²) in [4.78, 5) is 11.2. The Balaban J connectivity index is 2.22. The summed E-state index contributed by atoms with van der Waals surface area (Å²) in [5.41, 5.74) is 0. The fraction of sp³-hybridized carbons (Fsp3) is 0.357. The van der Waals surface area contributed by atoms with Gasteiger partial charge in [-0.1, -0.05) is 35.6 Å². The number of rotatable bonds is 4. The number of ether oxygens (including phenoxy) is 1. The SMILES string of the molecule is CC(C)NC(=O)NCC#CCOc1ccccc1Cl. The number of carbonyl (C=O) groups excluding carboxylic acids is 1. The first kappa shape index (κ1) is 15.2. The van der Waals surface area contributed by atoms with Crippen molar-refractivity contribution < 1.29 is 9.53 Å². The summed E-state index contributed by atoms with van der Waals surface area (Å²) < 4.78 is 5.37. The molecule has 0 aromatic heterocycles. The van der Waals surface area contributed by atoms with Gasteiger partial charge in [-0.25, -0.2) is 4.79 Å². The fourth-order valence-corrected chi connectivity index (χ4v) is 1.42. The Hall–Kier alpha value is -1.86. The van der Waals surface area contributed by atoms with Crippen LogP contribution in [0.15, 0.2) is 24.3 Å². The summed E-state index contributed by atoms with van der Waals surface area (Å²) in [5.74, 6) is 6.19. The van der Waals surface area contributed by atoms with Crippen molar-refractivity contribution in [1.29, 1.82) is 0 Å². The predicted octanol–water partition coefficient (Wildman–Crippen LogP) is 2.43. The molecular formula is C14H17ClN2O2. The Morgan fingerprint density at radius 1 is 1.37 bits per heavy atom. The van der Waals surface area contributed by atoms with Gasteiger partial charge >= 0.3 is 6.03 Å². The highest BCUT2D eigenvalue weighted by Gasteiger charge is 1.99. The molecule has 0 heterocycles. The van der Waals surface area contributed by atoms with E-state index in [0.717, 1.165) is 0 Å². The third-order valence-electron chi connectivity index (χ3n) is 2.02. The van der Waals surface area contributed by atoms with E-state index in [1.807, 2.05) is 26.0 Å². The molecule has 2 N–H and O–H groups in total. The zero-order chi connectivity index (χ0) is 14.1. The maximum atomic E-state index is 11.2. The normalized spacial score (nSPS) is 9.47. The summed E-state index contributed by atoms with van der Waals surface area (Å²) in [6, 6.07) is 7.08. The number of hydrogen-bond donors (Lipinski definition) is 2. The third kappa shape index (κ3) is 6.58. The number of urea groups is 1. The van der Waals surface area contributed by atoms with Crippen LogP contribution in [0.5, 0.6) is 5.75 Å². The van der Waals surface area contributed by atoms with Crippen LogP contribution in [-0.4, -0.2) is 25.2 Å². The summed E-state index contributed by atoms with van der Waals surface area (Å²) >= 11 is 5.92. The number of halogens is 1. The number of carbonyl (C=O) groups is 1. The maximum Gasteiger partial charge on any atom is 0.315 e. The van der Waals surface area contributed by atoms with Gasteiger partial charge in [0.1, 0.15) is 12.4 Å². The number of benzene rings is 1. The van der Waals surface area contributed by atoms with Crippen LogP contribution in [0.25, 0.3) is 0 Å². The number of amides is 2. The van der Waals surface area contributed by atoms with Gasteiger partial charge in [-0.15, -0.1) is 0 Å². The molecule has 0 fully saturated rings. The molecule has 0 spiro atoms. The first-order chi connectivity index (χ1) is 9.09. The zero-order valence-electron chi connectivity index (χ0n) is 11.0. The van der Waals surface area contributed by atoms with E-state index in [9.17, 15) is 4.79 Å². The molecular weight excluding hydrogens is 264 g/mol. The van der Waals surface area contributed by atoms with E-state index >= 15 is 0 Å². The monoisotopic (exact) mass is 280 g/mol. The number of hydrogen-bond acceptors (Lipinski definition) is 2. The van der Waals surface area contributed by atoms with Crippen molar-refractivity contribution in [2.45, 2.75) is 19.9 Å². The number of nitrogens with one attached hydrogen (secondary N) is 2. The second kappa shape index (κ2) is 8.28. The van der Waals surface area contributed by atoms with E-state index in [0.29, 0.717) is 10.8 Å². The van der Waals surface area contributed by atoms with Crippen LogP contribution in [0.1, 0.15) is 13.8 Å². The van der Waals surface area contributed by atoms with Crippen molar-refractivity contribution in [1.82, 2.24) is 10.6 Å². The van der Waals surface area contributed by atoms with Gasteiger partial charge in [-0.3, -0.25) is 0 Å². The van der Waals surface area contributed by atoms with E-state index in [2.05, 4.69) is 22.5 Å². The molecule has 0 unspecified atom stereocenters. The van der Waals surface area contributed by atoms with Gasteiger partial charge in [0, 0.05) is 6.04 Å². The van der Waals surface area contributed by atoms with E-state index in [4.69, 9.17) is 16.3 Å². The molecule has 5 heteroatoms. The lowest BCUT2D eigenvalue weighted by Gasteiger charge is -2.07. The van der Waals surface area contributed by atoms with Crippen molar-refractivity contribution in [2.24, 2.45) is 0 Å². The van der Waals surface area contributed by atoms with Crippen LogP contribution in [0, 0.1) is 11.8 Å². The van der Waals surface area contributed by atoms with Gasteiger partial charge in [0.25, 0.3) is 0 Å². The minimum atomic E-state index is -0.226. The van der Waals surface area contributed by atoms with Crippen molar-refractivity contribution in [3.63, 3.8) is 0 Å². The van der Waals surface area contributed by atoms with E-state index in [1.54, 1.807) is 12.1 Å². The Morgan fingerprint density at radius 3 is 2.79 bits per heavy atom. The standard InChI is InChI=1S/C14H17ClN2O2/c1-11(2)17-14(18)16-9-5-6-10-19-13-8-4-3-7-12(13)15/h3-4,7-8,11H,9-10H2,1-2H3,(H2,16,17,18). The minimum Gasteiger partial charge on any atom is -0.479 e. The molecule has 0 atom stereocenters. The first-order valence-electron chi connectivity index (χ1n) is 5.97. The molecule has 2 amide bonds. The van der Waals surface area contributed by atoms with Gasteiger partial charge in [0.15, 0.2) is 0 Å². The second-order valence-corrected chi connectivity index (χ2v) is 4.46. The minimum absolute atomic E-state index is 0.108. The molecule has 0 saturated heterocycles. The van der Waals surface area contributed by atoms with Crippen LogP contribution in [0.4, 0.5) is 4.79 Å². The van der Waals surface area contributed by atoms with Crippen LogP contribution in [0.3, 0.4) is 0 Å². The molecule has 1 rings (SSSR count). The summed E-state index contributed by atoms with van der Waals surface area (Å²) in [7, 11) is 0. The first-order valence-corrected chi connectivity index (χ1v) is 6.35. The van der Waals surface area contributed by atoms with Gasteiger partial charge in [-0.05, 0) is 26.0 Å². The summed E-state index contributed by atoms with van der Waals surface area (Å²) in [5, 5.41) is 5.87. The lowest BCUT2D eigenvalue weighted by Crippen LogP contribution is -2.39. The molecule has 0 aliphatic rings. The second-order valence-electron chi connectivity index (χ2n) is 4.05. The Bertz CT molecular complexity index is 478. The molecule has 1 aromatic carbocycles. The smallest absolute Gasteiger partial charge is 0.315 e. The molecule has 4 nitrogen and oxygen atoms in total. The molecule has 19 heavy (non-hydrogen) atoms. The van der Waals surface area contributed by atoms with E-state index < -0.39 is 0 Å². The molecule has 0 saturated carbocycles. The quantitative estimate of drug-likeness (QED) is 0.832. The van der Waals surface area contributed by atoms with Crippen LogP contribution in [-0.2, 0) is 0 Å². The highest BCUT2D eigenvalue weighted by Crippen LogP contribution is 2.22. The highest BCUT2D eigenvalue weighted by atomic mass is 35.5. The average molecular weight is 281 g/mol. The van der Waals surface area contributed by atoms with Crippen LogP contribution in [0.2, 0.25) is 5.02 Å². The van der Waals surface area contributed by atoms with Gasteiger partial charge in [0.05, 0.1) is 11.6 Å². The van der Waals surface area contributed by atoms with Crippen molar-refractivity contribution in [3.05, 3.63) is 29.3 Å². The van der Waals surface area contributed by atoms with Crippen molar-refractivity contribution in [3.8, 4) is 17.6 Å². The average Bonchev–Trinajstić information content (AvgIpc) is 2.34. The van der Waals surface area contributed by atoms with E-state index in [1.165, 1.54) is 0 Å². The van der Waals surface area contributed by atoms with Gasteiger partial charge in [0.2, 0.25) is 0 Å². The summed E-state index contributed by atoms with van der Waals surface area (Å²) in [6.07, 6.45) is 0.